The Kier molecular flexibility index (Phi) is 12.1. The molecule has 2 amide bonds. The fourth-order valence-corrected chi connectivity index (χ4v) is 2.99. The second-order valence-electron chi connectivity index (χ2n) is 7.95. The van der Waals surface area contributed by atoms with Gasteiger partial charge in [0.1, 0.15) is 13.2 Å². The fourth-order valence-electron chi connectivity index (χ4n) is 1.95. The lowest BCUT2D eigenvalue weighted by molar-refractivity contribution is 0.0905. The summed E-state index contributed by atoms with van der Waals surface area (Å²) < 4.78 is 16.3. The molecule has 0 aromatic carbocycles. The van der Waals surface area contributed by atoms with Crippen LogP contribution in [-0.2, 0) is 13.9 Å². The van der Waals surface area contributed by atoms with Crippen LogP contribution in [-0.4, -0.2) is 76.3 Å². The number of nitrogens with zero attached hydrogens (tertiary/aromatic N) is 2. The predicted octanol–water partition coefficient (Wildman–Crippen LogP) is 3.89. The molecule has 0 atom stereocenters. The second kappa shape index (κ2) is 13.1. The normalized spacial score (nSPS) is 11.2. The maximum Gasteiger partial charge on any atom is 0.410 e. The third-order valence-corrected chi connectivity index (χ3v) is 9.26. The van der Waals surface area contributed by atoms with Gasteiger partial charge >= 0.3 is 12.2 Å². The van der Waals surface area contributed by atoms with Gasteiger partial charge in [0.05, 0.1) is 13.2 Å². The molecule has 0 fully saturated rings. The average molecular weight is 425 g/mol. The number of ether oxygens (including phenoxy) is 2. The number of hydrogen-bond donors (Lipinski definition) is 0. The Morgan fingerprint density at radius 1 is 1.00 bits per heavy atom. The van der Waals surface area contributed by atoms with Gasteiger partial charge in [-0.15, -0.1) is 6.42 Å². The Hall–Kier alpha value is -2.24. The van der Waals surface area contributed by atoms with E-state index in [-0.39, 0.29) is 37.9 Å². The summed E-state index contributed by atoms with van der Waals surface area (Å²) in [6.07, 6.45) is 7.27. The summed E-state index contributed by atoms with van der Waals surface area (Å²) in [7, 11) is -1.94. The van der Waals surface area contributed by atoms with Crippen molar-refractivity contribution in [1.82, 2.24) is 9.80 Å². The monoisotopic (exact) mass is 424 g/mol. The molecule has 164 valence electrons. The van der Waals surface area contributed by atoms with E-state index in [0.29, 0.717) is 13.2 Å². The van der Waals surface area contributed by atoms with Gasteiger partial charge in [-0.25, -0.2) is 9.59 Å². The van der Waals surface area contributed by atoms with E-state index in [2.05, 4.69) is 52.9 Å². The number of terminal acetylenes is 1. The predicted molar refractivity (Wildman–Crippen MR) is 118 cm³/mol. The minimum absolute atomic E-state index is 0.0691. The smallest absolute Gasteiger partial charge is 0.410 e. The Balaban J connectivity index is 5.00. The molecule has 0 unspecified atom stereocenters. The van der Waals surface area contributed by atoms with Gasteiger partial charge in [0.2, 0.25) is 0 Å². The Morgan fingerprint density at radius 3 is 1.93 bits per heavy atom. The van der Waals surface area contributed by atoms with Crippen LogP contribution in [0.4, 0.5) is 9.59 Å². The molecule has 7 nitrogen and oxygen atoms in total. The van der Waals surface area contributed by atoms with E-state index in [4.69, 9.17) is 20.3 Å². The van der Waals surface area contributed by atoms with Crippen molar-refractivity contribution in [2.45, 2.75) is 38.9 Å². The molecule has 0 N–H and O–H groups in total. The van der Waals surface area contributed by atoms with E-state index in [1.54, 1.807) is 0 Å². The van der Waals surface area contributed by atoms with Gasteiger partial charge in [0.25, 0.3) is 0 Å². The van der Waals surface area contributed by atoms with E-state index in [1.807, 2.05) is 0 Å². The van der Waals surface area contributed by atoms with Crippen molar-refractivity contribution in [2.75, 3.05) is 46.0 Å². The van der Waals surface area contributed by atoms with Crippen LogP contribution in [0.1, 0.15) is 20.8 Å². The van der Waals surface area contributed by atoms with Gasteiger partial charge in [0.15, 0.2) is 8.32 Å². The third-order valence-electron chi connectivity index (χ3n) is 4.72. The summed E-state index contributed by atoms with van der Waals surface area (Å²) in [4.78, 5) is 27.3. The van der Waals surface area contributed by atoms with Gasteiger partial charge in [-0.2, -0.15) is 0 Å². The molecular formula is C21H36N2O5Si. The van der Waals surface area contributed by atoms with Crippen LogP contribution in [0.25, 0.3) is 0 Å². The molecular weight excluding hydrogens is 388 g/mol. The lowest BCUT2D eigenvalue weighted by atomic mass is 10.2. The van der Waals surface area contributed by atoms with Crippen LogP contribution in [0.15, 0.2) is 25.3 Å². The Morgan fingerprint density at radius 2 is 1.48 bits per heavy atom. The van der Waals surface area contributed by atoms with Crippen molar-refractivity contribution in [3.05, 3.63) is 25.3 Å². The molecule has 0 aliphatic heterocycles. The molecule has 0 aliphatic rings. The molecule has 0 aromatic heterocycles. The molecule has 0 rings (SSSR count). The van der Waals surface area contributed by atoms with Gasteiger partial charge in [-0.1, -0.05) is 52.0 Å². The van der Waals surface area contributed by atoms with E-state index in [9.17, 15) is 9.59 Å². The zero-order chi connectivity index (χ0) is 22.5. The van der Waals surface area contributed by atoms with Gasteiger partial charge in [-0.05, 0) is 18.1 Å². The maximum atomic E-state index is 12.4. The highest BCUT2D eigenvalue weighted by Gasteiger charge is 2.37. The molecule has 0 aliphatic carbocycles. The number of hydrogen-bond acceptors (Lipinski definition) is 5. The van der Waals surface area contributed by atoms with Gasteiger partial charge < -0.3 is 18.8 Å². The topological polar surface area (TPSA) is 68.3 Å². The molecule has 0 bridgehead atoms. The highest BCUT2D eigenvalue weighted by molar-refractivity contribution is 6.74. The molecule has 0 heterocycles. The lowest BCUT2D eigenvalue weighted by Gasteiger charge is -2.36. The van der Waals surface area contributed by atoms with Crippen molar-refractivity contribution in [1.29, 1.82) is 0 Å². The van der Waals surface area contributed by atoms with E-state index < -0.39 is 20.5 Å². The first-order valence-corrected chi connectivity index (χ1v) is 12.5. The van der Waals surface area contributed by atoms with Crippen LogP contribution in [0.2, 0.25) is 18.1 Å². The standard InChI is InChI=1S/C21H36N2O5Si/c1-9-12-22(19(24)26-16-10-2)13-14-23(20(25)27-17-11-3)15-18-28-29(7,8)21(4,5)6/h1,10-11H,2-3,12-18H2,4-8H3. The maximum absolute atomic E-state index is 12.4. The number of carbonyl (C=O) groups excluding carboxylic acids is 2. The minimum Gasteiger partial charge on any atom is -0.445 e. The van der Waals surface area contributed by atoms with Gasteiger partial charge in [0, 0.05) is 19.6 Å². The van der Waals surface area contributed by atoms with E-state index in [1.165, 1.54) is 22.0 Å². The second-order valence-corrected chi connectivity index (χ2v) is 12.8. The molecule has 0 saturated carbocycles. The summed E-state index contributed by atoms with van der Waals surface area (Å²) >= 11 is 0. The van der Waals surface area contributed by atoms with Crippen molar-refractivity contribution >= 4 is 20.5 Å². The zero-order valence-corrected chi connectivity index (χ0v) is 19.5. The van der Waals surface area contributed by atoms with Crippen LogP contribution in [0.5, 0.6) is 0 Å². The zero-order valence-electron chi connectivity index (χ0n) is 18.5. The van der Waals surface area contributed by atoms with E-state index in [0.717, 1.165) is 0 Å². The number of amides is 2. The molecule has 29 heavy (non-hydrogen) atoms. The van der Waals surface area contributed by atoms with E-state index >= 15 is 0 Å². The SMILES string of the molecule is C#CCN(CCN(CCO[Si](C)(C)C(C)(C)C)C(=O)OCC=C)C(=O)OCC=C. The van der Waals surface area contributed by atoms with Crippen molar-refractivity contribution in [3.63, 3.8) is 0 Å². The van der Waals surface area contributed by atoms with Gasteiger partial charge in [-0.3, -0.25) is 4.90 Å². The number of carbonyl (C=O) groups is 2. The minimum atomic E-state index is -1.94. The quantitative estimate of drug-likeness (QED) is 0.270. The molecule has 0 spiro atoms. The summed E-state index contributed by atoms with van der Waals surface area (Å²) in [5.74, 6) is 2.42. The van der Waals surface area contributed by atoms with Crippen LogP contribution >= 0.6 is 0 Å². The van der Waals surface area contributed by atoms with Crippen molar-refractivity contribution < 1.29 is 23.5 Å². The lowest BCUT2D eigenvalue weighted by Crippen LogP contribution is -2.45. The summed E-state index contributed by atoms with van der Waals surface area (Å²) in [5, 5.41) is 0.0691. The molecule has 0 radical (unpaired) electrons. The molecule has 0 saturated heterocycles. The first-order chi connectivity index (χ1) is 13.5. The summed E-state index contributed by atoms with van der Waals surface area (Å²) in [6, 6.07) is 0. The molecule has 8 heteroatoms. The summed E-state index contributed by atoms with van der Waals surface area (Å²) in [5.41, 5.74) is 0. The largest absolute Gasteiger partial charge is 0.445 e. The van der Waals surface area contributed by atoms with Crippen LogP contribution in [0, 0.1) is 12.3 Å². The molecule has 0 aromatic rings. The van der Waals surface area contributed by atoms with Crippen LogP contribution in [0.3, 0.4) is 0 Å². The first-order valence-electron chi connectivity index (χ1n) is 9.62. The highest BCUT2D eigenvalue weighted by Crippen LogP contribution is 2.36. The van der Waals surface area contributed by atoms with Crippen LogP contribution < -0.4 is 0 Å². The third kappa shape index (κ3) is 10.2. The first kappa shape index (κ1) is 26.8. The Bertz CT molecular complexity index is 593. The Labute approximate surface area is 176 Å². The van der Waals surface area contributed by atoms with Crippen molar-refractivity contribution in [3.8, 4) is 12.3 Å². The number of rotatable bonds is 12. The summed E-state index contributed by atoms with van der Waals surface area (Å²) in [6.45, 7) is 19.3. The fraction of sp³-hybridized carbons (Fsp3) is 0.619. The average Bonchev–Trinajstić information content (AvgIpc) is 2.64. The highest BCUT2D eigenvalue weighted by atomic mass is 28.4. The van der Waals surface area contributed by atoms with Crippen molar-refractivity contribution in [2.24, 2.45) is 0 Å².